The molecule has 0 radical (unpaired) electrons. The second-order valence-electron chi connectivity index (χ2n) is 7.31. The first kappa shape index (κ1) is 18.3. The maximum atomic E-state index is 12.8. The van der Waals surface area contributed by atoms with Gasteiger partial charge in [-0.3, -0.25) is 10.0 Å². The molecule has 3 atom stereocenters. The Labute approximate surface area is 142 Å². The first-order chi connectivity index (χ1) is 11.1. The minimum Gasteiger partial charge on any atom is -0.465 e. The van der Waals surface area contributed by atoms with E-state index in [4.69, 9.17) is 0 Å². The maximum Gasteiger partial charge on any atom is 0.407 e. The Hall–Kier alpha value is -2.08. The van der Waals surface area contributed by atoms with Crippen LogP contribution >= 0.6 is 0 Å². The number of rotatable bonds is 4. The maximum absolute atomic E-state index is 12.8. The molecule has 6 heteroatoms. The van der Waals surface area contributed by atoms with Crippen LogP contribution in [0.15, 0.2) is 24.3 Å². The van der Waals surface area contributed by atoms with E-state index >= 15 is 0 Å². The zero-order valence-corrected chi connectivity index (χ0v) is 14.9. The van der Waals surface area contributed by atoms with Crippen molar-refractivity contribution in [2.24, 2.45) is 5.92 Å². The Kier molecular flexibility index (Phi) is 4.90. The summed E-state index contributed by atoms with van der Waals surface area (Å²) in [7, 11) is 0. The number of para-hydroxylation sites is 1. The molecule has 1 unspecified atom stereocenters. The van der Waals surface area contributed by atoms with E-state index in [-0.39, 0.29) is 11.7 Å². The largest absolute Gasteiger partial charge is 0.465 e. The number of carboxylic acid groups (broad SMARTS) is 1. The molecule has 0 aromatic heterocycles. The van der Waals surface area contributed by atoms with E-state index in [1.165, 1.54) is 4.90 Å². The summed E-state index contributed by atoms with van der Waals surface area (Å²) in [5.41, 5.74) is 0.358. The van der Waals surface area contributed by atoms with Gasteiger partial charge in [-0.25, -0.2) is 9.86 Å². The molecule has 1 amide bonds. The van der Waals surface area contributed by atoms with E-state index in [1.54, 1.807) is 31.2 Å². The van der Waals surface area contributed by atoms with Crippen LogP contribution in [0.4, 0.5) is 10.5 Å². The van der Waals surface area contributed by atoms with Crippen molar-refractivity contribution < 1.29 is 19.9 Å². The summed E-state index contributed by atoms with van der Waals surface area (Å²) >= 11 is 0. The highest BCUT2D eigenvalue weighted by Crippen LogP contribution is 2.37. The van der Waals surface area contributed by atoms with Gasteiger partial charge >= 0.3 is 6.09 Å². The highest BCUT2D eigenvalue weighted by molar-refractivity contribution is 6.10. The summed E-state index contributed by atoms with van der Waals surface area (Å²) in [4.78, 5) is 25.9. The second-order valence-corrected chi connectivity index (χ2v) is 7.31. The van der Waals surface area contributed by atoms with Crippen molar-refractivity contribution in [1.29, 1.82) is 0 Å². The molecule has 1 aliphatic heterocycles. The monoisotopic (exact) mass is 334 g/mol. The summed E-state index contributed by atoms with van der Waals surface area (Å²) in [6, 6.07) is 5.72. The predicted octanol–water partition coefficient (Wildman–Crippen LogP) is 3.64. The Morgan fingerprint density at radius 1 is 1.33 bits per heavy atom. The minimum absolute atomic E-state index is 0.161. The lowest BCUT2D eigenvalue weighted by Crippen LogP contribution is -2.56. The van der Waals surface area contributed by atoms with Crippen LogP contribution in [0, 0.1) is 5.92 Å². The number of hydrogen-bond acceptors (Lipinski definition) is 4. The van der Waals surface area contributed by atoms with Crippen molar-refractivity contribution >= 4 is 17.6 Å². The molecule has 0 spiro atoms. The molecule has 0 saturated carbocycles. The Morgan fingerprint density at radius 2 is 1.92 bits per heavy atom. The van der Waals surface area contributed by atoms with Gasteiger partial charge in [0.05, 0.1) is 5.69 Å². The van der Waals surface area contributed by atoms with Gasteiger partial charge in [0.15, 0.2) is 5.78 Å². The smallest absolute Gasteiger partial charge is 0.407 e. The molecule has 1 heterocycles. The number of fused-ring (bicyclic) bond motifs is 1. The zero-order chi connectivity index (χ0) is 18.2. The van der Waals surface area contributed by atoms with Gasteiger partial charge in [-0.2, -0.15) is 0 Å². The zero-order valence-electron chi connectivity index (χ0n) is 14.9. The van der Waals surface area contributed by atoms with E-state index in [9.17, 15) is 19.9 Å². The van der Waals surface area contributed by atoms with Gasteiger partial charge in [-0.15, -0.1) is 0 Å². The summed E-state index contributed by atoms with van der Waals surface area (Å²) < 4.78 is 0. The van der Waals surface area contributed by atoms with Gasteiger partial charge in [0, 0.05) is 23.1 Å². The fraction of sp³-hybridized carbons (Fsp3) is 0.556. The Morgan fingerprint density at radius 3 is 2.38 bits per heavy atom. The van der Waals surface area contributed by atoms with Crippen molar-refractivity contribution in [2.45, 2.75) is 58.7 Å². The molecule has 6 nitrogen and oxygen atoms in total. The number of carbonyl (C=O) groups is 2. The predicted molar refractivity (Wildman–Crippen MR) is 91.7 cm³/mol. The summed E-state index contributed by atoms with van der Waals surface area (Å²) in [6.07, 6.45) is -0.455. The van der Waals surface area contributed by atoms with Gasteiger partial charge < -0.3 is 10.0 Å². The average Bonchev–Trinajstić information content (AvgIpc) is 2.72. The standard InChI is InChI=1S/C18H26N2O4/c1-6-12(11(2)19(17(22)23)18(3,4)5)15-16(21)13-9-7-8-10-14(13)20(15)24/h7-12,15,24H,6H2,1-5H3,(H,22,23)/t11-,12+,15?/m0/s1. The van der Waals surface area contributed by atoms with Gasteiger partial charge in [-0.1, -0.05) is 19.1 Å². The number of amides is 1. The number of carbonyl (C=O) groups excluding carboxylic acids is 1. The SMILES string of the molecule is CC[C@@H](C1C(=O)c2ccccc2N1O)[C@H](C)N(C(=O)O)C(C)(C)C. The van der Waals surface area contributed by atoms with E-state index in [1.807, 2.05) is 27.7 Å². The number of Topliss-reactive ketones (excluding diaryl/α,β-unsaturated/α-hetero) is 1. The minimum atomic E-state index is -1.03. The van der Waals surface area contributed by atoms with E-state index in [0.717, 1.165) is 5.06 Å². The molecule has 1 aromatic carbocycles. The molecule has 0 bridgehead atoms. The molecular formula is C18H26N2O4. The topological polar surface area (TPSA) is 81.1 Å². The third-order valence-corrected chi connectivity index (χ3v) is 4.78. The third kappa shape index (κ3) is 2.98. The molecule has 1 aliphatic rings. The van der Waals surface area contributed by atoms with Gasteiger partial charge in [-0.05, 0) is 46.2 Å². The van der Waals surface area contributed by atoms with E-state index in [2.05, 4.69) is 0 Å². The number of ketones is 1. The van der Waals surface area contributed by atoms with Crippen molar-refractivity contribution in [3.05, 3.63) is 29.8 Å². The molecular weight excluding hydrogens is 308 g/mol. The Bertz CT molecular complexity index is 638. The van der Waals surface area contributed by atoms with Gasteiger partial charge in [0.25, 0.3) is 0 Å². The molecule has 2 rings (SSSR count). The number of hydroxylamine groups is 1. The molecule has 0 aliphatic carbocycles. The van der Waals surface area contributed by atoms with Crippen LogP contribution in [0.3, 0.4) is 0 Å². The summed E-state index contributed by atoms with van der Waals surface area (Å²) in [5, 5.41) is 21.2. The highest BCUT2D eigenvalue weighted by atomic mass is 16.5. The quantitative estimate of drug-likeness (QED) is 0.878. The molecule has 0 saturated heterocycles. The average molecular weight is 334 g/mol. The lowest BCUT2D eigenvalue weighted by molar-refractivity contribution is 0.0383. The van der Waals surface area contributed by atoms with Crippen LogP contribution in [0.2, 0.25) is 0 Å². The van der Waals surface area contributed by atoms with Crippen LogP contribution in [-0.2, 0) is 0 Å². The van der Waals surface area contributed by atoms with Crippen LogP contribution < -0.4 is 5.06 Å². The number of nitrogens with zero attached hydrogens (tertiary/aromatic N) is 2. The van der Waals surface area contributed by atoms with Gasteiger partial charge in [0.2, 0.25) is 0 Å². The van der Waals surface area contributed by atoms with Crippen molar-refractivity contribution in [2.75, 3.05) is 5.06 Å². The lowest BCUT2D eigenvalue weighted by Gasteiger charge is -2.43. The van der Waals surface area contributed by atoms with Crippen molar-refractivity contribution in [3.63, 3.8) is 0 Å². The van der Waals surface area contributed by atoms with Crippen molar-refractivity contribution in [1.82, 2.24) is 4.90 Å². The molecule has 132 valence electrons. The van der Waals surface area contributed by atoms with E-state index < -0.39 is 23.7 Å². The van der Waals surface area contributed by atoms with E-state index in [0.29, 0.717) is 17.7 Å². The first-order valence-corrected chi connectivity index (χ1v) is 8.24. The molecule has 24 heavy (non-hydrogen) atoms. The normalized spacial score (nSPS) is 19.8. The fourth-order valence-corrected chi connectivity index (χ4v) is 3.77. The fourth-order valence-electron chi connectivity index (χ4n) is 3.77. The number of hydrogen-bond donors (Lipinski definition) is 2. The van der Waals surface area contributed by atoms with Gasteiger partial charge in [0.1, 0.15) is 6.04 Å². The number of anilines is 1. The Balaban J connectivity index is 2.39. The number of benzene rings is 1. The van der Waals surface area contributed by atoms with Crippen LogP contribution in [0.25, 0.3) is 0 Å². The summed E-state index contributed by atoms with van der Waals surface area (Å²) in [5.74, 6) is -0.490. The second kappa shape index (κ2) is 6.43. The first-order valence-electron chi connectivity index (χ1n) is 8.24. The lowest BCUT2D eigenvalue weighted by atomic mass is 9.85. The summed E-state index contributed by atoms with van der Waals surface area (Å²) in [6.45, 7) is 9.19. The molecule has 2 N–H and O–H groups in total. The molecule has 0 fully saturated rings. The third-order valence-electron chi connectivity index (χ3n) is 4.78. The van der Waals surface area contributed by atoms with Crippen LogP contribution in [0.5, 0.6) is 0 Å². The van der Waals surface area contributed by atoms with Crippen molar-refractivity contribution in [3.8, 4) is 0 Å². The van der Waals surface area contributed by atoms with Crippen LogP contribution in [-0.4, -0.2) is 44.7 Å². The molecule has 1 aromatic rings. The highest BCUT2D eigenvalue weighted by Gasteiger charge is 2.46. The van der Waals surface area contributed by atoms with Crippen LogP contribution in [0.1, 0.15) is 51.4 Å².